The van der Waals surface area contributed by atoms with Crippen LogP contribution >= 0.6 is 15.9 Å². The Kier molecular flexibility index (Phi) is 5.62. The van der Waals surface area contributed by atoms with Crippen LogP contribution in [-0.2, 0) is 8.85 Å². The Morgan fingerprint density at radius 1 is 1.50 bits per heavy atom. The minimum Gasteiger partial charge on any atom is -0.398 e. The summed E-state index contributed by atoms with van der Waals surface area (Å²) in [6, 6.07) is 1.06. The van der Waals surface area contributed by atoms with Crippen molar-refractivity contribution in [3.8, 4) is 0 Å². The summed E-state index contributed by atoms with van der Waals surface area (Å²) in [6.07, 6.45) is 1.13. The molecule has 0 aliphatic carbocycles. The summed E-state index contributed by atoms with van der Waals surface area (Å²) in [5, 5.41) is 0. The molecule has 10 heavy (non-hydrogen) atoms. The Morgan fingerprint density at radius 2 is 2.10 bits per heavy atom. The zero-order chi connectivity index (χ0) is 8.04. The molecule has 1 atom stereocenters. The Morgan fingerprint density at radius 3 is 2.40 bits per heavy atom. The topological polar surface area (TPSA) is 18.5 Å². The summed E-state index contributed by atoms with van der Waals surface area (Å²) in [5.41, 5.74) is 0.587. The third-order valence-corrected chi connectivity index (χ3v) is 5.17. The lowest BCUT2D eigenvalue weighted by atomic mass is 10.6. The lowest BCUT2D eigenvalue weighted by Crippen LogP contribution is -2.36. The van der Waals surface area contributed by atoms with E-state index in [9.17, 15) is 0 Å². The fourth-order valence-electron chi connectivity index (χ4n) is 0.803. The molecular weight excluding hydrogens is 212 g/mol. The average molecular weight is 227 g/mol. The molecular formula is C6H15BrO2Si. The van der Waals surface area contributed by atoms with Crippen LogP contribution in [0.4, 0.5) is 0 Å². The molecule has 0 heterocycles. The van der Waals surface area contributed by atoms with Crippen molar-refractivity contribution in [2.45, 2.75) is 25.9 Å². The van der Waals surface area contributed by atoms with Crippen molar-refractivity contribution in [1.82, 2.24) is 0 Å². The van der Waals surface area contributed by atoms with Crippen LogP contribution in [0.3, 0.4) is 0 Å². The standard InChI is InChI=1S/C6H15BrO2Si/c1-4-5-10(3,8-2)9-6-7/h4-6H2,1-3H3. The Bertz CT molecular complexity index is 83.8. The summed E-state index contributed by atoms with van der Waals surface area (Å²) in [6.45, 7) is 4.22. The number of hydrogen-bond donors (Lipinski definition) is 0. The van der Waals surface area contributed by atoms with Crippen LogP contribution in [0.25, 0.3) is 0 Å². The van der Waals surface area contributed by atoms with Gasteiger partial charge in [-0.05, 0) is 12.6 Å². The lowest BCUT2D eigenvalue weighted by molar-refractivity contribution is 0.242. The van der Waals surface area contributed by atoms with E-state index in [1.807, 2.05) is 0 Å². The second-order valence-corrected chi connectivity index (χ2v) is 6.26. The van der Waals surface area contributed by atoms with E-state index in [0.717, 1.165) is 12.5 Å². The highest BCUT2D eigenvalue weighted by Crippen LogP contribution is 2.14. The van der Waals surface area contributed by atoms with Gasteiger partial charge in [-0.3, -0.25) is 0 Å². The molecule has 4 heteroatoms. The molecule has 0 fully saturated rings. The predicted molar refractivity (Wildman–Crippen MR) is 48.6 cm³/mol. The molecule has 0 N–H and O–H groups in total. The molecule has 0 saturated carbocycles. The molecule has 0 rings (SSSR count). The summed E-state index contributed by atoms with van der Waals surface area (Å²) < 4.78 is 10.8. The monoisotopic (exact) mass is 226 g/mol. The zero-order valence-electron chi connectivity index (χ0n) is 6.82. The van der Waals surface area contributed by atoms with Crippen LogP contribution in [-0.4, -0.2) is 21.2 Å². The Hall–Kier alpha value is 0.617. The molecule has 0 aromatic carbocycles. The van der Waals surface area contributed by atoms with E-state index in [-0.39, 0.29) is 0 Å². The summed E-state index contributed by atoms with van der Waals surface area (Å²) in [7, 11) is -0.0435. The van der Waals surface area contributed by atoms with Gasteiger partial charge in [-0.25, -0.2) is 0 Å². The van der Waals surface area contributed by atoms with Crippen LogP contribution in [0.5, 0.6) is 0 Å². The molecule has 0 bridgehead atoms. The van der Waals surface area contributed by atoms with E-state index in [1.165, 1.54) is 0 Å². The van der Waals surface area contributed by atoms with Crippen LogP contribution in [0.1, 0.15) is 13.3 Å². The van der Waals surface area contributed by atoms with Gasteiger partial charge in [-0.1, -0.05) is 29.3 Å². The summed E-state index contributed by atoms with van der Waals surface area (Å²) in [5.74, 6) is 0. The van der Waals surface area contributed by atoms with E-state index in [2.05, 4.69) is 29.4 Å². The maximum atomic E-state index is 5.45. The molecule has 0 spiro atoms. The average Bonchev–Trinajstić information content (AvgIpc) is 1.89. The molecule has 2 nitrogen and oxygen atoms in total. The number of halogens is 1. The molecule has 0 saturated heterocycles. The highest BCUT2D eigenvalue weighted by atomic mass is 79.9. The van der Waals surface area contributed by atoms with Crippen LogP contribution in [0, 0.1) is 0 Å². The first-order valence-corrected chi connectivity index (χ1v) is 7.08. The molecule has 0 radical (unpaired) electrons. The number of rotatable bonds is 5. The maximum absolute atomic E-state index is 5.45. The first kappa shape index (κ1) is 10.6. The Balaban J connectivity index is 3.69. The normalized spacial score (nSPS) is 16.8. The summed E-state index contributed by atoms with van der Waals surface area (Å²) in [4.78, 5) is 0. The first-order chi connectivity index (χ1) is 4.68. The van der Waals surface area contributed by atoms with Crippen LogP contribution in [0.2, 0.25) is 12.6 Å². The third kappa shape index (κ3) is 3.70. The minimum atomic E-state index is -1.77. The zero-order valence-corrected chi connectivity index (χ0v) is 9.40. The fourth-order valence-corrected chi connectivity index (χ4v) is 3.86. The molecule has 0 aromatic rings. The SMILES string of the molecule is CCC[Si](C)(OC)OCBr. The van der Waals surface area contributed by atoms with Crippen molar-refractivity contribution in [1.29, 1.82) is 0 Å². The van der Waals surface area contributed by atoms with Crippen LogP contribution < -0.4 is 0 Å². The predicted octanol–water partition coefficient (Wildman–Crippen LogP) is 2.48. The van der Waals surface area contributed by atoms with Gasteiger partial charge < -0.3 is 8.85 Å². The quantitative estimate of drug-likeness (QED) is 0.530. The molecule has 0 aromatic heterocycles. The van der Waals surface area contributed by atoms with Gasteiger partial charge in [0.15, 0.2) is 0 Å². The fraction of sp³-hybridized carbons (Fsp3) is 1.00. The van der Waals surface area contributed by atoms with Gasteiger partial charge in [0.1, 0.15) is 0 Å². The first-order valence-electron chi connectivity index (χ1n) is 3.43. The van der Waals surface area contributed by atoms with Crippen molar-refractivity contribution in [3.05, 3.63) is 0 Å². The van der Waals surface area contributed by atoms with E-state index >= 15 is 0 Å². The van der Waals surface area contributed by atoms with E-state index in [0.29, 0.717) is 5.52 Å². The lowest BCUT2D eigenvalue weighted by Gasteiger charge is -2.22. The second-order valence-electron chi connectivity index (χ2n) is 2.34. The van der Waals surface area contributed by atoms with Crippen molar-refractivity contribution >= 4 is 24.5 Å². The Labute approximate surface area is 72.3 Å². The van der Waals surface area contributed by atoms with E-state index < -0.39 is 8.56 Å². The summed E-state index contributed by atoms with van der Waals surface area (Å²) >= 11 is 3.23. The van der Waals surface area contributed by atoms with E-state index in [1.54, 1.807) is 7.11 Å². The van der Waals surface area contributed by atoms with Gasteiger partial charge in [-0.2, -0.15) is 0 Å². The third-order valence-electron chi connectivity index (χ3n) is 1.50. The number of hydrogen-bond acceptors (Lipinski definition) is 2. The molecule has 1 unspecified atom stereocenters. The van der Waals surface area contributed by atoms with Crippen molar-refractivity contribution in [3.63, 3.8) is 0 Å². The van der Waals surface area contributed by atoms with E-state index in [4.69, 9.17) is 8.85 Å². The van der Waals surface area contributed by atoms with Crippen molar-refractivity contribution in [2.24, 2.45) is 0 Å². The van der Waals surface area contributed by atoms with Gasteiger partial charge >= 0.3 is 8.56 Å². The maximum Gasteiger partial charge on any atom is 0.335 e. The smallest absolute Gasteiger partial charge is 0.335 e. The molecule has 62 valence electrons. The van der Waals surface area contributed by atoms with Gasteiger partial charge in [0.05, 0.1) is 5.52 Å². The highest BCUT2D eigenvalue weighted by Gasteiger charge is 2.28. The molecule has 0 aliphatic rings. The molecule has 0 amide bonds. The molecule has 0 aliphatic heterocycles. The highest BCUT2D eigenvalue weighted by molar-refractivity contribution is 9.09. The van der Waals surface area contributed by atoms with Gasteiger partial charge in [0, 0.05) is 7.11 Å². The van der Waals surface area contributed by atoms with Crippen molar-refractivity contribution in [2.75, 3.05) is 12.6 Å². The van der Waals surface area contributed by atoms with Crippen molar-refractivity contribution < 1.29 is 8.85 Å². The largest absolute Gasteiger partial charge is 0.398 e. The van der Waals surface area contributed by atoms with Crippen LogP contribution in [0.15, 0.2) is 0 Å². The van der Waals surface area contributed by atoms with Gasteiger partial charge in [0.25, 0.3) is 0 Å². The number of alkyl halides is 1. The van der Waals surface area contributed by atoms with Gasteiger partial charge in [0.2, 0.25) is 0 Å². The second kappa shape index (κ2) is 5.29. The van der Waals surface area contributed by atoms with Gasteiger partial charge in [-0.15, -0.1) is 0 Å². The minimum absolute atomic E-state index is 0.587.